The van der Waals surface area contributed by atoms with Gasteiger partial charge in [0.1, 0.15) is 13.2 Å². The van der Waals surface area contributed by atoms with Gasteiger partial charge in [-0.3, -0.25) is 14.4 Å². The summed E-state index contributed by atoms with van der Waals surface area (Å²) < 4.78 is 16.8. The Hall–Kier alpha value is -1.59. The molecule has 0 N–H and O–H groups in total. The predicted molar refractivity (Wildman–Crippen MR) is 261 cm³/mol. The predicted octanol–water partition coefficient (Wildman–Crippen LogP) is 17.6. The molecule has 0 saturated carbocycles. The normalized spacial score (nSPS) is 12.1. The first-order valence-corrected chi connectivity index (χ1v) is 27.1. The molecule has 1 atom stereocenters. The Morgan fingerprint density at radius 2 is 0.475 bits per heavy atom. The van der Waals surface area contributed by atoms with Gasteiger partial charge in [0.25, 0.3) is 0 Å². The van der Waals surface area contributed by atoms with Gasteiger partial charge in [-0.25, -0.2) is 0 Å². The zero-order valence-electron chi connectivity index (χ0n) is 42.0. The van der Waals surface area contributed by atoms with Gasteiger partial charge in [0.15, 0.2) is 6.10 Å². The van der Waals surface area contributed by atoms with Crippen molar-refractivity contribution in [3.05, 3.63) is 0 Å². The lowest BCUT2D eigenvalue weighted by molar-refractivity contribution is -0.167. The van der Waals surface area contributed by atoms with Gasteiger partial charge in [0.2, 0.25) is 0 Å². The summed E-state index contributed by atoms with van der Waals surface area (Å²) in [6.45, 7) is 13.7. The van der Waals surface area contributed by atoms with Gasteiger partial charge < -0.3 is 14.2 Å². The van der Waals surface area contributed by atoms with Crippen molar-refractivity contribution in [1.82, 2.24) is 0 Å². The lowest BCUT2D eigenvalue weighted by atomic mass is 10.0. The molecule has 0 aromatic heterocycles. The second kappa shape index (κ2) is 46.4. The maximum Gasteiger partial charge on any atom is 0.306 e. The summed E-state index contributed by atoms with van der Waals surface area (Å²) in [7, 11) is 0. The third-order valence-electron chi connectivity index (χ3n) is 12.4. The van der Waals surface area contributed by atoms with E-state index in [1.807, 2.05) is 0 Å². The van der Waals surface area contributed by atoms with Crippen molar-refractivity contribution in [2.24, 2.45) is 17.8 Å². The fourth-order valence-electron chi connectivity index (χ4n) is 8.29. The number of carbonyl (C=O) groups is 3. The molecule has 0 bridgehead atoms. The van der Waals surface area contributed by atoms with Crippen LogP contribution in [0.5, 0.6) is 0 Å². The van der Waals surface area contributed by atoms with Gasteiger partial charge >= 0.3 is 17.9 Å². The SMILES string of the molecule is CC(C)CCCCCCCCCCCCCCCC(=O)OC[C@@H](COC(=O)CCCCCCCCCCC(C)C)OC(=O)CCCCCCCCCCCCCCCC(C)C. The molecule has 0 aliphatic carbocycles. The van der Waals surface area contributed by atoms with Crippen LogP contribution < -0.4 is 0 Å². The van der Waals surface area contributed by atoms with E-state index in [0.29, 0.717) is 19.3 Å². The van der Waals surface area contributed by atoms with Gasteiger partial charge in [0, 0.05) is 19.3 Å². The van der Waals surface area contributed by atoms with E-state index in [0.717, 1.165) is 75.5 Å². The number of hydrogen-bond acceptors (Lipinski definition) is 6. The first-order valence-electron chi connectivity index (χ1n) is 27.1. The van der Waals surface area contributed by atoms with Crippen LogP contribution in [0.1, 0.15) is 298 Å². The molecule has 6 heteroatoms. The maximum absolute atomic E-state index is 12.8. The summed E-state index contributed by atoms with van der Waals surface area (Å²) in [6, 6.07) is 0. The Kier molecular flexibility index (Phi) is 45.2. The van der Waals surface area contributed by atoms with Crippen molar-refractivity contribution >= 4 is 17.9 Å². The minimum Gasteiger partial charge on any atom is -0.462 e. The summed E-state index contributed by atoms with van der Waals surface area (Å²) in [5.74, 6) is 1.62. The van der Waals surface area contributed by atoms with Crippen LogP contribution in [0.25, 0.3) is 0 Å². The summed E-state index contributed by atoms with van der Waals surface area (Å²) in [6.07, 6.45) is 46.7. The van der Waals surface area contributed by atoms with Crippen molar-refractivity contribution in [3.63, 3.8) is 0 Å². The van der Waals surface area contributed by atoms with Crippen LogP contribution >= 0.6 is 0 Å². The molecule has 0 fully saturated rings. The van der Waals surface area contributed by atoms with E-state index in [-0.39, 0.29) is 31.1 Å². The molecule has 0 rings (SSSR count). The molecule has 0 unspecified atom stereocenters. The molecule has 0 aromatic rings. The summed E-state index contributed by atoms with van der Waals surface area (Å²) >= 11 is 0. The minimum atomic E-state index is -0.763. The Morgan fingerprint density at radius 3 is 0.705 bits per heavy atom. The number of esters is 3. The van der Waals surface area contributed by atoms with Crippen molar-refractivity contribution in [2.75, 3.05) is 13.2 Å². The van der Waals surface area contributed by atoms with Crippen LogP contribution in [0.4, 0.5) is 0 Å². The minimum absolute atomic E-state index is 0.0644. The molecular formula is C55H106O6. The summed E-state index contributed by atoms with van der Waals surface area (Å²) in [5, 5.41) is 0. The van der Waals surface area contributed by atoms with Crippen LogP contribution in [-0.2, 0) is 28.6 Å². The smallest absolute Gasteiger partial charge is 0.306 e. The molecule has 0 amide bonds. The standard InChI is InChI=1S/C55H106O6/c1-49(2)41-35-29-23-17-13-9-7-11-15-19-26-32-38-44-53(56)59-47-52(48-60-54(57)45-39-33-27-22-21-25-31-37-43-51(5)6)61-55(58)46-40-34-28-20-16-12-8-10-14-18-24-30-36-42-50(3)4/h49-52H,7-48H2,1-6H3/t52-/m0/s1. The number of rotatable bonds is 48. The lowest BCUT2D eigenvalue weighted by Gasteiger charge is -2.18. The summed E-state index contributed by atoms with van der Waals surface area (Å²) in [5.41, 5.74) is 0. The first kappa shape index (κ1) is 59.4. The van der Waals surface area contributed by atoms with Gasteiger partial charge in [-0.15, -0.1) is 0 Å². The van der Waals surface area contributed by atoms with E-state index in [9.17, 15) is 14.4 Å². The molecule has 362 valence electrons. The molecule has 0 saturated heterocycles. The van der Waals surface area contributed by atoms with Crippen molar-refractivity contribution < 1.29 is 28.6 Å². The van der Waals surface area contributed by atoms with E-state index in [4.69, 9.17) is 14.2 Å². The fraction of sp³-hybridized carbons (Fsp3) is 0.945. The monoisotopic (exact) mass is 863 g/mol. The largest absolute Gasteiger partial charge is 0.462 e. The molecule has 0 aliphatic heterocycles. The summed E-state index contributed by atoms with van der Waals surface area (Å²) in [4.78, 5) is 38.0. The molecule has 6 nitrogen and oxygen atoms in total. The van der Waals surface area contributed by atoms with Gasteiger partial charge in [-0.05, 0) is 37.0 Å². The fourth-order valence-corrected chi connectivity index (χ4v) is 8.29. The van der Waals surface area contributed by atoms with Gasteiger partial charge in [0.05, 0.1) is 0 Å². The van der Waals surface area contributed by atoms with Crippen LogP contribution in [-0.4, -0.2) is 37.2 Å². The third kappa shape index (κ3) is 49.3. The van der Waals surface area contributed by atoms with Gasteiger partial charge in [-0.1, -0.05) is 260 Å². The second-order valence-corrected chi connectivity index (χ2v) is 20.3. The van der Waals surface area contributed by atoms with E-state index < -0.39 is 6.10 Å². The quantitative estimate of drug-likeness (QED) is 0.0344. The molecule has 0 spiro atoms. The maximum atomic E-state index is 12.8. The number of ether oxygens (including phenoxy) is 3. The van der Waals surface area contributed by atoms with Crippen LogP contribution in [0, 0.1) is 17.8 Å². The average Bonchev–Trinajstić information content (AvgIpc) is 3.22. The van der Waals surface area contributed by atoms with E-state index >= 15 is 0 Å². The number of unbranched alkanes of at least 4 members (excludes halogenated alkanes) is 31. The average molecular weight is 863 g/mol. The van der Waals surface area contributed by atoms with E-state index in [2.05, 4.69) is 41.5 Å². The highest BCUT2D eigenvalue weighted by atomic mass is 16.6. The highest BCUT2D eigenvalue weighted by molar-refractivity contribution is 5.71. The Labute approximate surface area is 380 Å². The second-order valence-electron chi connectivity index (χ2n) is 20.3. The molecule has 61 heavy (non-hydrogen) atoms. The molecule has 0 radical (unpaired) electrons. The third-order valence-corrected chi connectivity index (χ3v) is 12.4. The van der Waals surface area contributed by atoms with Crippen LogP contribution in [0.3, 0.4) is 0 Å². The zero-order valence-corrected chi connectivity index (χ0v) is 42.0. The number of carbonyl (C=O) groups excluding carboxylic acids is 3. The zero-order chi connectivity index (χ0) is 44.9. The molecule has 0 heterocycles. The van der Waals surface area contributed by atoms with Crippen molar-refractivity contribution in [2.45, 2.75) is 304 Å². The highest BCUT2D eigenvalue weighted by Crippen LogP contribution is 2.18. The Morgan fingerprint density at radius 1 is 0.279 bits per heavy atom. The van der Waals surface area contributed by atoms with Gasteiger partial charge in [-0.2, -0.15) is 0 Å². The van der Waals surface area contributed by atoms with Crippen LogP contribution in [0.2, 0.25) is 0 Å². The molecule has 0 aromatic carbocycles. The Balaban J connectivity index is 4.30. The highest BCUT2D eigenvalue weighted by Gasteiger charge is 2.19. The molecule has 0 aliphatic rings. The molecular weight excluding hydrogens is 757 g/mol. The van der Waals surface area contributed by atoms with E-state index in [1.54, 1.807) is 0 Å². The van der Waals surface area contributed by atoms with Crippen LogP contribution in [0.15, 0.2) is 0 Å². The lowest BCUT2D eigenvalue weighted by Crippen LogP contribution is -2.30. The topological polar surface area (TPSA) is 78.9 Å². The Bertz CT molecular complexity index is 945. The van der Waals surface area contributed by atoms with Crippen molar-refractivity contribution in [3.8, 4) is 0 Å². The first-order chi connectivity index (χ1) is 29.6. The number of hydrogen-bond donors (Lipinski definition) is 0. The van der Waals surface area contributed by atoms with E-state index in [1.165, 1.54) is 180 Å². The van der Waals surface area contributed by atoms with Crippen molar-refractivity contribution in [1.29, 1.82) is 0 Å².